The van der Waals surface area contributed by atoms with E-state index in [1.807, 2.05) is 72.8 Å². The second-order valence-electron chi connectivity index (χ2n) is 9.12. The van der Waals surface area contributed by atoms with Crippen LogP contribution in [0.2, 0.25) is 0 Å². The Kier molecular flexibility index (Phi) is 8.15. The fourth-order valence-corrected chi connectivity index (χ4v) is 6.92. The van der Waals surface area contributed by atoms with Crippen molar-refractivity contribution >= 4 is 41.0 Å². The van der Waals surface area contributed by atoms with E-state index in [0.717, 1.165) is 22.3 Å². The molecule has 196 valence electrons. The van der Waals surface area contributed by atoms with Crippen LogP contribution in [0.15, 0.2) is 121 Å². The van der Waals surface area contributed by atoms with E-state index in [0.29, 0.717) is 0 Å². The molecule has 39 heavy (non-hydrogen) atoms. The van der Waals surface area contributed by atoms with Crippen molar-refractivity contribution in [3.8, 4) is 0 Å². The average molecular weight is 556 g/mol. The Morgan fingerprint density at radius 2 is 1.23 bits per heavy atom. The Bertz CT molecular complexity index is 1340. The number of nitrogens with zero attached hydrogens (tertiary/aromatic N) is 1. The van der Waals surface area contributed by atoms with Crippen molar-refractivity contribution < 1.29 is 19.1 Å². The fourth-order valence-electron chi connectivity index (χ4n) is 4.72. The molecule has 5 nitrogen and oxygen atoms in total. The van der Waals surface area contributed by atoms with Crippen LogP contribution >= 0.6 is 23.4 Å². The maximum absolute atomic E-state index is 13.0. The third-order valence-corrected chi connectivity index (χ3v) is 8.81. The molecule has 4 aromatic rings. The highest BCUT2D eigenvalue weighted by molar-refractivity contribution is 8.01. The molecule has 1 heterocycles. The number of ketones is 1. The summed E-state index contributed by atoms with van der Waals surface area (Å²) in [6.07, 6.45) is 0.189. The van der Waals surface area contributed by atoms with Crippen molar-refractivity contribution in [3.05, 3.63) is 144 Å². The number of halogens is 1. The molecular weight excluding hydrogens is 530 g/mol. The molecule has 5 rings (SSSR count). The minimum Gasteiger partial charge on any atom is -0.455 e. The fraction of sp³-hybridized carbons (Fsp3) is 0.156. The standard InChI is InChI=1S/C32H26ClNO4S/c33-30(29(36)31(37)38-22-23-13-5-1-6-14-23)34-27(35)21-28(34)39-32(24-15-7-2-8-16-24,25-17-9-3-10-18-25)26-19-11-4-12-20-26/h1-20,28,30H,21-22H2. The zero-order valence-corrected chi connectivity index (χ0v) is 22.6. The highest BCUT2D eigenvalue weighted by atomic mass is 35.5. The monoisotopic (exact) mass is 555 g/mol. The van der Waals surface area contributed by atoms with Crippen LogP contribution in [-0.4, -0.2) is 33.4 Å². The van der Waals surface area contributed by atoms with E-state index in [1.165, 1.54) is 16.7 Å². The summed E-state index contributed by atoms with van der Waals surface area (Å²) in [5.41, 5.74) is 2.34. The summed E-state index contributed by atoms with van der Waals surface area (Å²) >= 11 is 8.04. The second kappa shape index (κ2) is 11.9. The van der Waals surface area contributed by atoms with Crippen LogP contribution in [0.5, 0.6) is 0 Å². The number of hydrogen-bond acceptors (Lipinski definition) is 5. The molecule has 0 aliphatic carbocycles. The van der Waals surface area contributed by atoms with Gasteiger partial charge in [0.15, 0.2) is 5.50 Å². The Balaban J connectivity index is 1.44. The first-order chi connectivity index (χ1) is 19.0. The van der Waals surface area contributed by atoms with Crippen molar-refractivity contribution in [1.29, 1.82) is 0 Å². The van der Waals surface area contributed by atoms with Gasteiger partial charge in [-0.25, -0.2) is 4.79 Å². The maximum atomic E-state index is 13.0. The Hall–Kier alpha value is -3.87. The summed E-state index contributed by atoms with van der Waals surface area (Å²) in [4.78, 5) is 39.6. The number of amides is 1. The van der Waals surface area contributed by atoms with E-state index in [2.05, 4.69) is 36.4 Å². The number of likely N-dealkylation sites (tertiary alicyclic amines) is 1. The summed E-state index contributed by atoms with van der Waals surface area (Å²) in [6.45, 7) is -0.0553. The van der Waals surface area contributed by atoms with E-state index >= 15 is 0 Å². The van der Waals surface area contributed by atoms with Gasteiger partial charge < -0.3 is 9.64 Å². The molecule has 1 aliphatic heterocycles. The smallest absolute Gasteiger partial charge is 0.378 e. The zero-order valence-electron chi connectivity index (χ0n) is 21.0. The minimum absolute atomic E-state index is 0.0553. The molecule has 2 atom stereocenters. The van der Waals surface area contributed by atoms with E-state index in [4.69, 9.17) is 16.3 Å². The van der Waals surface area contributed by atoms with E-state index in [9.17, 15) is 14.4 Å². The van der Waals surface area contributed by atoms with Gasteiger partial charge in [-0.05, 0) is 22.3 Å². The molecule has 0 bridgehead atoms. The molecule has 7 heteroatoms. The van der Waals surface area contributed by atoms with Crippen LogP contribution in [0.4, 0.5) is 0 Å². The average Bonchev–Trinajstić information content (AvgIpc) is 2.99. The number of benzene rings is 4. The summed E-state index contributed by atoms with van der Waals surface area (Å²) in [5.74, 6) is -2.32. The number of esters is 1. The van der Waals surface area contributed by atoms with Crippen LogP contribution in [0, 0.1) is 0 Å². The van der Waals surface area contributed by atoms with Gasteiger partial charge in [-0.15, -0.1) is 11.8 Å². The van der Waals surface area contributed by atoms with Crippen LogP contribution in [-0.2, 0) is 30.5 Å². The number of hydrogen-bond donors (Lipinski definition) is 0. The molecule has 2 unspecified atom stereocenters. The summed E-state index contributed by atoms with van der Waals surface area (Å²) in [6, 6.07) is 39.2. The Morgan fingerprint density at radius 1 is 0.795 bits per heavy atom. The first-order valence-electron chi connectivity index (χ1n) is 12.5. The molecule has 1 saturated heterocycles. The van der Waals surface area contributed by atoms with Crippen molar-refractivity contribution in [2.75, 3.05) is 0 Å². The largest absolute Gasteiger partial charge is 0.455 e. The summed E-state index contributed by atoms with van der Waals surface area (Å²) in [7, 11) is 0. The van der Waals surface area contributed by atoms with E-state index in [-0.39, 0.29) is 18.9 Å². The van der Waals surface area contributed by atoms with Crippen molar-refractivity contribution in [2.24, 2.45) is 0 Å². The third-order valence-electron chi connectivity index (χ3n) is 6.68. The maximum Gasteiger partial charge on any atom is 0.378 e. The number of β-lactam (4-membered cyclic amide) rings is 1. The lowest BCUT2D eigenvalue weighted by Gasteiger charge is -2.47. The van der Waals surface area contributed by atoms with Gasteiger partial charge in [0.1, 0.15) is 6.61 Å². The van der Waals surface area contributed by atoms with Gasteiger partial charge in [0, 0.05) is 0 Å². The molecule has 0 N–H and O–H groups in total. The number of rotatable bonds is 10. The van der Waals surface area contributed by atoms with Crippen molar-refractivity contribution in [2.45, 2.75) is 28.6 Å². The Labute approximate surface area is 236 Å². The first-order valence-corrected chi connectivity index (χ1v) is 13.9. The number of alkyl halides is 1. The van der Waals surface area contributed by atoms with Gasteiger partial charge in [0.25, 0.3) is 5.78 Å². The first kappa shape index (κ1) is 26.7. The topological polar surface area (TPSA) is 63.7 Å². The predicted octanol–water partition coefficient (Wildman–Crippen LogP) is 6.15. The SMILES string of the molecule is O=C(OCc1ccccc1)C(=O)C(Cl)N1C(=O)CC1SC(c1ccccc1)(c1ccccc1)c1ccccc1. The molecule has 0 spiro atoms. The predicted molar refractivity (Wildman–Crippen MR) is 153 cm³/mol. The highest BCUT2D eigenvalue weighted by Crippen LogP contribution is 2.53. The quantitative estimate of drug-likeness (QED) is 0.0586. The van der Waals surface area contributed by atoms with Gasteiger partial charge in [0.2, 0.25) is 5.91 Å². The number of ether oxygens (including phenoxy) is 1. The molecule has 0 aromatic heterocycles. The lowest BCUT2D eigenvalue weighted by Crippen LogP contribution is -2.58. The van der Waals surface area contributed by atoms with Crippen molar-refractivity contribution in [1.82, 2.24) is 4.90 Å². The number of carbonyl (C=O) groups excluding carboxylic acids is 3. The minimum atomic E-state index is -1.47. The van der Waals surface area contributed by atoms with E-state index < -0.39 is 27.4 Å². The Morgan fingerprint density at radius 3 is 1.67 bits per heavy atom. The highest BCUT2D eigenvalue weighted by Gasteiger charge is 2.50. The van der Waals surface area contributed by atoms with Gasteiger partial charge in [-0.2, -0.15) is 0 Å². The normalized spacial score (nSPS) is 15.8. The van der Waals surface area contributed by atoms with Gasteiger partial charge in [-0.1, -0.05) is 133 Å². The number of carbonyl (C=O) groups is 3. The van der Waals surface area contributed by atoms with Crippen LogP contribution in [0.25, 0.3) is 0 Å². The molecule has 4 aromatic carbocycles. The van der Waals surface area contributed by atoms with Crippen LogP contribution in [0.3, 0.4) is 0 Å². The van der Waals surface area contributed by atoms with Crippen LogP contribution in [0.1, 0.15) is 28.7 Å². The molecule has 1 fully saturated rings. The van der Waals surface area contributed by atoms with Crippen LogP contribution < -0.4 is 0 Å². The lowest BCUT2D eigenvalue weighted by molar-refractivity contribution is -0.159. The van der Waals surface area contributed by atoms with Gasteiger partial charge in [0.05, 0.1) is 16.5 Å². The summed E-state index contributed by atoms with van der Waals surface area (Å²) < 4.78 is 4.48. The third kappa shape index (κ3) is 5.49. The van der Waals surface area contributed by atoms with E-state index in [1.54, 1.807) is 12.1 Å². The second-order valence-corrected chi connectivity index (χ2v) is 10.9. The molecular formula is C32H26ClNO4S. The number of thioether (sulfide) groups is 1. The summed E-state index contributed by atoms with van der Waals surface area (Å²) in [5, 5.41) is -0.452. The molecule has 0 saturated carbocycles. The van der Waals surface area contributed by atoms with Gasteiger partial charge in [-0.3, -0.25) is 9.59 Å². The lowest BCUT2D eigenvalue weighted by atomic mass is 9.84. The zero-order chi connectivity index (χ0) is 27.2. The van der Waals surface area contributed by atoms with Gasteiger partial charge >= 0.3 is 5.97 Å². The van der Waals surface area contributed by atoms with Crippen molar-refractivity contribution in [3.63, 3.8) is 0 Å². The molecule has 1 aliphatic rings. The molecule has 0 radical (unpaired) electrons. The number of Topliss-reactive ketones (excluding diaryl/α,β-unsaturated/α-hetero) is 1. The molecule has 1 amide bonds.